The van der Waals surface area contributed by atoms with E-state index in [1.54, 1.807) is 12.1 Å². The number of hydrogen-bond donors (Lipinski definition) is 1. The highest BCUT2D eigenvalue weighted by atomic mass is 32.2. The minimum atomic E-state index is -3.84. The van der Waals surface area contributed by atoms with Gasteiger partial charge in [-0.3, -0.25) is 4.79 Å². The van der Waals surface area contributed by atoms with Gasteiger partial charge < -0.3 is 10.0 Å². The van der Waals surface area contributed by atoms with E-state index in [2.05, 4.69) is 44.2 Å². The molecule has 5 nitrogen and oxygen atoms in total. The van der Waals surface area contributed by atoms with Crippen molar-refractivity contribution in [3.05, 3.63) is 77.9 Å². The Labute approximate surface area is 171 Å². The van der Waals surface area contributed by atoms with E-state index in [1.165, 1.54) is 28.8 Å². The Bertz CT molecular complexity index is 1150. The van der Waals surface area contributed by atoms with E-state index in [0.717, 1.165) is 16.9 Å². The molecule has 0 heterocycles. The average Bonchev–Trinajstić information content (AvgIpc) is 2.68. The molecule has 29 heavy (non-hydrogen) atoms. The molecule has 0 fully saturated rings. The lowest BCUT2D eigenvalue weighted by Crippen LogP contribution is -2.15. The SMILES string of the molecule is Cc1ccc(C)c(-c2cccc(N(C)c3ccc(S(=O)(=O)CC(=O)O)cc3)c2)c1. The van der Waals surface area contributed by atoms with Crippen molar-refractivity contribution in [3.8, 4) is 11.1 Å². The zero-order valence-corrected chi connectivity index (χ0v) is 17.4. The maximum Gasteiger partial charge on any atom is 0.319 e. The summed E-state index contributed by atoms with van der Waals surface area (Å²) in [5.74, 6) is -2.28. The fraction of sp³-hybridized carbons (Fsp3) is 0.174. The van der Waals surface area contributed by atoms with Crippen molar-refractivity contribution in [3.63, 3.8) is 0 Å². The number of aliphatic carboxylic acids is 1. The Hall–Kier alpha value is -3.12. The van der Waals surface area contributed by atoms with Gasteiger partial charge in [-0.05, 0) is 66.9 Å². The Morgan fingerprint density at radius 3 is 2.28 bits per heavy atom. The van der Waals surface area contributed by atoms with Crippen LogP contribution in [-0.2, 0) is 14.6 Å². The average molecular weight is 410 g/mol. The summed E-state index contributed by atoms with van der Waals surface area (Å²) in [6.07, 6.45) is 0. The monoisotopic (exact) mass is 409 g/mol. The number of hydrogen-bond acceptors (Lipinski definition) is 4. The number of rotatable bonds is 6. The molecule has 0 aliphatic heterocycles. The largest absolute Gasteiger partial charge is 0.480 e. The topological polar surface area (TPSA) is 74.7 Å². The quantitative estimate of drug-likeness (QED) is 0.644. The summed E-state index contributed by atoms with van der Waals surface area (Å²) >= 11 is 0. The second kappa shape index (κ2) is 8.09. The van der Waals surface area contributed by atoms with Crippen LogP contribution in [0.1, 0.15) is 11.1 Å². The van der Waals surface area contributed by atoms with E-state index >= 15 is 0 Å². The summed E-state index contributed by atoms with van der Waals surface area (Å²) in [7, 11) is -1.93. The van der Waals surface area contributed by atoms with Gasteiger partial charge in [-0.15, -0.1) is 0 Å². The Morgan fingerprint density at radius 2 is 1.62 bits per heavy atom. The Kier molecular flexibility index (Phi) is 5.75. The van der Waals surface area contributed by atoms with Gasteiger partial charge in [0.2, 0.25) is 0 Å². The van der Waals surface area contributed by atoms with E-state index in [1.807, 2.05) is 24.1 Å². The number of carboxylic acid groups (broad SMARTS) is 1. The van der Waals surface area contributed by atoms with Gasteiger partial charge in [-0.1, -0.05) is 35.9 Å². The number of carboxylic acids is 1. The van der Waals surface area contributed by atoms with Crippen molar-refractivity contribution in [2.45, 2.75) is 18.7 Å². The standard InChI is InChI=1S/C23H23NO4S/c1-16-7-8-17(2)22(13-16)18-5-4-6-20(14-18)24(3)19-9-11-21(12-10-19)29(27,28)15-23(25)26/h4-14H,15H2,1-3H3,(H,25,26). The molecule has 0 aromatic heterocycles. The molecule has 0 bridgehead atoms. The highest BCUT2D eigenvalue weighted by Crippen LogP contribution is 2.31. The third-order valence-corrected chi connectivity index (χ3v) is 6.45. The van der Waals surface area contributed by atoms with Crippen LogP contribution >= 0.6 is 0 Å². The van der Waals surface area contributed by atoms with Gasteiger partial charge in [0.1, 0.15) is 0 Å². The van der Waals surface area contributed by atoms with Crippen LogP contribution in [0.5, 0.6) is 0 Å². The molecule has 3 rings (SSSR count). The van der Waals surface area contributed by atoms with Crippen molar-refractivity contribution in [1.29, 1.82) is 0 Å². The highest BCUT2D eigenvalue weighted by molar-refractivity contribution is 7.92. The molecule has 6 heteroatoms. The summed E-state index contributed by atoms with van der Waals surface area (Å²) in [5.41, 5.74) is 6.44. The first-order valence-corrected chi connectivity index (χ1v) is 10.8. The molecule has 0 aliphatic carbocycles. The Morgan fingerprint density at radius 1 is 0.931 bits per heavy atom. The lowest BCUT2D eigenvalue weighted by atomic mass is 9.98. The maximum atomic E-state index is 12.1. The molecule has 0 radical (unpaired) electrons. The van der Waals surface area contributed by atoms with Crippen LogP contribution < -0.4 is 4.90 Å². The van der Waals surface area contributed by atoms with Crippen molar-refractivity contribution < 1.29 is 18.3 Å². The summed E-state index contributed by atoms with van der Waals surface area (Å²) in [6, 6.07) is 20.8. The van der Waals surface area contributed by atoms with Crippen LogP contribution in [0.4, 0.5) is 11.4 Å². The molecule has 0 spiro atoms. The number of carbonyl (C=O) groups is 1. The van der Waals surface area contributed by atoms with Gasteiger partial charge in [-0.25, -0.2) is 8.42 Å². The van der Waals surface area contributed by atoms with Crippen LogP contribution in [0.3, 0.4) is 0 Å². The van der Waals surface area contributed by atoms with Crippen molar-refractivity contribution >= 4 is 27.2 Å². The van der Waals surface area contributed by atoms with Crippen LogP contribution in [0.2, 0.25) is 0 Å². The van der Waals surface area contributed by atoms with Crippen LogP contribution in [0, 0.1) is 13.8 Å². The molecule has 1 N–H and O–H groups in total. The van der Waals surface area contributed by atoms with Crippen molar-refractivity contribution in [2.75, 3.05) is 17.7 Å². The number of benzene rings is 3. The number of sulfone groups is 1. The van der Waals surface area contributed by atoms with E-state index < -0.39 is 21.6 Å². The zero-order chi connectivity index (χ0) is 21.2. The van der Waals surface area contributed by atoms with Crippen molar-refractivity contribution in [1.82, 2.24) is 0 Å². The second-order valence-corrected chi connectivity index (χ2v) is 9.06. The summed E-state index contributed by atoms with van der Waals surface area (Å²) in [6.45, 7) is 4.15. The van der Waals surface area contributed by atoms with Gasteiger partial charge in [0, 0.05) is 18.4 Å². The molecular formula is C23H23NO4S. The molecule has 3 aromatic rings. The summed E-state index contributed by atoms with van der Waals surface area (Å²) in [4.78, 5) is 12.7. The normalized spacial score (nSPS) is 11.3. The molecule has 3 aromatic carbocycles. The molecule has 0 saturated heterocycles. The molecule has 150 valence electrons. The zero-order valence-electron chi connectivity index (χ0n) is 16.6. The lowest BCUT2D eigenvalue weighted by molar-refractivity contribution is -0.134. The van der Waals surface area contributed by atoms with E-state index in [0.29, 0.717) is 0 Å². The van der Waals surface area contributed by atoms with Crippen LogP contribution in [-0.4, -0.2) is 32.3 Å². The molecule has 0 saturated carbocycles. The molecule has 0 aliphatic rings. The number of anilines is 2. The molecule has 0 amide bonds. The first kappa shape index (κ1) is 20.6. The van der Waals surface area contributed by atoms with E-state index in [-0.39, 0.29) is 4.90 Å². The minimum absolute atomic E-state index is 0.00110. The fourth-order valence-electron chi connectivity index (χ4n) is 3.20. The molecular weight excluding hydrogens is 386 g/mol. The number of nitrogens with zero attached hydrogens (tertiary/aromatic N) is 1. The lowest BCUT2D eigenvalue weighted by Gasteiger charge is -2.21. The van der Waals surface area contributed by atoms with Crippen LogP contribution in [0.15, 0.2) is 71.6 Å². The maximum absolute atomic E-state index is 12.1. The van der Waals surface area contributed by atoms with Gasteiger partial charge in [-0.2, -0.15) is 0 Å². The van der Waals surface area contributed by atoms with Crippen molar-refractivity contribution in [2.24, 2.45) is 0 Å². The Balaban J connectivity index is 1.90. The minimum Gasteiger partial charge on any atom is -0.480 e. The summed E-state index contributed by atoms with van der Waals surface area (Å²) in [5, 5.41) is 8.77. The first-order valence-electron chi connectivity index (χ1n) is 9.13. The predicted molar refractivity (Wildman–Crippen MR) is 116 cm³/mol. The van der Waals surface area contributed by atoms with Gasteiger partial charge in [0.05, 0.1) is 4.90 Å². The molecule has 0 unspecified atom stereocenters. The predicted octanol–water partition coefficient (Wildman–Crippen LogP) is 4.60. The second-order valence-electron chi connectivity index (χ2n) is 7.07. The highest BCUT2D eigenvalue weighted by Gasteiger charge is 2.19. The number of aryl methyl sites for hydroxylation is 2. The van der Waals surface area contributed by atoms with Crippen LogP contribution in [0.25, 0.3) is 11.1 Å². The smallest absolute Gasteiger partial charge is 0.319 e. The molecule has 0 atom stereocenters. The van der Waals surface area contributed by atoms with E-state index in [4.69, 9.17) is 5.11 Å². The van der Waals surface area contributed by atoms with E-state index in [9.17, 15) is 13.2 Å². The van der Waals surface area contributed by atoms with Gasteiger partial charge in [0.15, 0.2) is 15.6 Å². The fourth-order valence-corrected chi connectivity index (χ4v) is 4.24. The summed E-state index contributed by atoms with van der Waals surface area (Å²) < 4.78 is 24.1. The van der Waals surface area contributed by atoms with Gasteiger partial charge in [0.25, 0.3) is 0 Å². The third-order valence-electron chi connectivity index (χ3n) is 4.83. The first-order chi connectivity index (χ1) is 13.7. The third kappa shape index (κ3) is 4.66. The van der Waals surface area contributed by atoms with Gasteiger partial charge >= 0.3 is 5.97 Å².